The second-order valence-corrected chi connectivity index (χ2v) is 5.09. The minimum atomic E-state index is 0.551. The molecule has 0 aliphatic heterocycles. The Kier molecular flexibility index (Phi) is 5.91. The molecule has 0 radical (unpaired) electrons. The van der Waals surface area contributed by atoms with Crippen LogP contribution in [0.3, 0.4) is 0 Å². The highest BCUT2D eigenvalue weighted by atomic mass is 32.1. The molecular formula is C12H22N2S. The molecule has 0 amide bonds. The topological polar surface area (TPSA) is 15.3 Å². The average Bonchev–Trinajstić information content (AvgIpc) is 2.68. The van der Waals surface area contributed by atoms with E-state index >= 15 is 0 Å². The van der Waals surface area contributed by atoms with E-state index < -0.39 is 0 Å². The molecule has 0 saturated carbocycles. The summed E-state index contributed by atoms with van der Waals surface area (Å²) in [5.41, 5.74) is 0. The summed E-state index contributed by atoms with van der Waals surface area (Å²) in [7, 11) is 4.23. The lowest BCUT2D eigenvalue weighted by Gasteiger charge is -2.18. The van der Waals surface area contributed by atoms with Crippen molar-refractivity contribution in [1.82, 2.24) is 10.2 Å². The average molecular weight is 226 g/mol. The van der Waals surface area contributed by atoms with E-state index in [9.17, 15) is 0 Å². The lowest BCUT2D eigenvalue weighted by molar-refractivity contribution is 0.380. The Hall–Kier alpha value is -0.380. The fraction of sp³-hybridized carbons (Fsp3) is 0.667. The van der Waals surface area contributed by atoms with E-state index in [2.05, 4.69) is 48.7 Å². The van der Waals surface area contributed by atoms with Crippen molar-refractivity contribution in [3.63, 3.8) is 0 Å². The summed E-state index contributed by atoms with van der Waals surface area (Å²) in [5.74, 6) is 0. The van der Waals surface area contributed by atoms with E-state index in [-0.39, 0.29) is 0 Å². The van der Waals surface area contributed by atoms with Crippen LogP contribution in [0.4, 0.5) is 0 Å². The van der Waals surface area contributed by atoms with Gasteiger partial charge in [0, 0.05) is 24.0 Å². The Morgan fingerprint density at radius 2 is 2.27 bits per heavy atom. The summed E-state index contributed by atoms with van der Waals surface area (Å²) < 4.78 is 0. The third-order valence-electron chi connectivity index (χ3n) is 2.41. The molecular weight excluding hydrogens is 204 g/mol. The third kappa shape index (κ3) is 4.78. The molecule has 0 aromatic carbocycles. The molecule has 1 rings (SSSR count). The van der Waals surface area contributed by atoms with Gasteiger partial charge in [0.15, 0.2) is 0 Å². The number of likely N-dealkylation sites (N-methyl/N-ethyl adjacent to an activating group) is 1. The molecule has 1 unspecified atom stereocenters. The molecule has 1 N–H and O–H groups in total. The summed E-state index contributed by atoms with van der Waals surface area (Å²) in [5, 5.41) is 5.78. The number of nitrogens with zero attached hydrogens (tertiary/aromatic N) is 1. The van der Waals surface area contributed by atoms with Crippen LogP contribution in [-0.4, -0.2) is 32.1 Å². The minimum absolute atomic E-state index is 0.551. The highest BCUT2D eigenvalue weighted by molar-refractivity contribution is 7.10. The van der Waals surface area contributed by atoms with Crippen molar-refractivity contribution in [3.8, 4) is 0 Å². The maximum absolute atomic E-state index is 3.62. The van der Waals surface area contributed by atoms with Gasteiger partial charge in [-0.1, -0.05) is 19.4 Å². The van der Waals surface area contributed by atoms with Crippen LogP contribution in [-0.2, 0) is 0 Å². The highest BCUT2D eigenvalue weighted by Gasteiger charge is 2.10. The zero-order valence-electron chi connectivity index (χ0n) is 9.99. The van der Waals surface area contributed by atoms with Gasteiger partial charge >= 0.3 is 0 Å². The molecule has 86 valence electrons. The molecule has 1 atom stereocenters. The lowest BCUT2D eigenvalue weighted by atomic mass is 10.1. The molecule has 1 aromatic heterocycles. The van der Waals surface area contributed by atoms with Crippen molar-refractivity contribution in [3.05, 3.63) is 22.4 Å². The van der Waals surface area contributed by atoms with Crippen molar-refractivity contribution >= 4 is 11.3 Å². The van der Waals surface area contributed by atoms with E-state index in [1.807, 2.05) is 11.3 Å². The van der Waals surface area contributed by atoms with Crippen LogP contribution in [0.5, 0.6) is 0 Å². The Labute approximate surface area is 97.3 Å². The first kappa shape index (κ1) is 12.7. The predicted molar refractivity (Wildman–Crippen MR) is 68.5 cm³/mol. The van der Waals surface area contributed by atoms with Crippen LogP contribution >= 0.6 is 11.3 Å². The van der Waals surface area contributed by atoms with Gasteiger partial charge in [0.1, 0.15) is 0 Å². The van der Waals surface area contributed by atoms with E-state index in [1.54, 1.807) is 0 Å². The maximum Gasteiger partial charge on any atom is 0.0415 e. The summed E-state index contributed by atoms with van der Waals surface area (Å²) in [4.78, 5) is 3.68. The summed E-state index contributed by atoms with van der Waals surface area (Å²) >= 11 is 1.85. The van der Waals surface area contributed by atoms with Gasteiger partial charge in [-0.25, -0.2) is 0 Å². The van der Waals surface area contributed by atoms with Crippen LogP contribution in [0.1, 0.15) is 30.7 Å². The van der Waals surface area contributed by atoms with E-state index in [0.29, 0.717) is 6.04 Å². The first-order chi connectivity index (χ1) is 7.24. The van der Waals surface area contributed by atoms with Gasteiger partial charge in [-0.15, -0.1) is 11.3 Å². The first-order valence-corrected chi connectivity index (χ1v) is 6.53. The monoisotopic (exact) mass is 226 g/mol. The summed E-state index contributed by atoms with van der Waals surface area (Å²) in [6, 6.07) is 4.92. The molecule has 0 bridgehead atoms. The molecule has 2 nitrogen and oxygen atoms in total. The van der Waals surface area contributed by atoms with Gasteiger partial charge in [-0.2, -0.15) is 0 Å². The van der Waals surface area contributed by atoms with Crippen LogP contribution in [0, 0.1) is 0 Å². The van der Waals surface area contributed by atoms with E-state index in [4.69, 9.17) is 0 Å². The zero-order chi connectivity index (χ0) is 11.1. The Morgan fingerprint density at radius 1 is 1.47 bits per heavy atom. The second kappa shape index (κ2) is 6.99. The number of rotatable bonds is 7. The van der Waals surface area contributed by atoms with Gasteiger partial charge in [-0.3, -0.25) is 0 Å². The van der Waals surface area contributed by atoms with E-state index in [1.165, 1.54) is 17.7 Å². The second-order valence-electron chi connectivity index (χ2n) is 4.11. The molecule has 0 saturated heterocycles. The van der Waals surface area contributed by atoms with Crippen molar-refractivity contribution < 1.29 is 0 Å². The first-order valence-electron chi connectivity index (χ1n) is 5.65. The summed E-state index contributed by atoms with van der Waals surface area (Å²) in [6.45, 7) is 4.41. The van der Waals surface area contributed by atoms with Gasteiger partial charge in [-0.05, 0) is 32.0 Å². The largest absolute Gasteiger partial charge is 0.308 e. The standard InChI is InChI=1S/C12H22N2S/c1-4-6-11(12-7-5-10-15-12)13-8-9-14(2)3/h5,7,10-11,13H,4,6,8-9H2,1-3H3. The van der Waals surface area contributed by atoms with Gasteiger partial charge in [0.25, 0.3) is 0 Å². The van der Waals surface area contributed by atoms with Gasteiger partial charge in [0.05, 0.1) is 0 Å². The number of nitrogens with one attached hydrogen (secondary N) is 1. The van der Waals surface area contributed by atoms with E-state index in [0.717, 1.165) is 13.1 Å². The molecule has 3 heteroatoms. The molecule has 0 spiro atoms. The maximum atomic E-state index is 3.62. The minimum Gasteiger partial charge on any atom is -0.308 e. The lowest BCUT2D eigenvalue weighted by Crippen LogP contribution is -2.29. The smallest absolute Gasteiger partial charge is 0.0415 e. The number of thiophene rings is 1. The Morgan fingerprint density at radius 3 is 2.80 bits per heavy atom. The molecule has 1 heterocycles. The molecule has 1 aromatic rings. The zero-order valence-corrected chi connectivity index (χ0v) is 10.8. The number of hydrogen-bond acceptors (Lipinski definition) is 3. The van der Waals surface area contributed by atoms with Crippen molar-refractivity contribution in [2.75, 3.05) is 27.2 Å². The Bertz CT molecular complexity index is 244. The molecule has 15 heavy (non-hydrogen) atoms. The predicted octanol–water partition coefficient (Wildman–Crippen LogP) is 2.74. The van der Waals surface area contributed by atoms with Crippen molar-refractivity contribution in [2.24, 2.45) is 0 Å². The fourth-order valence-electron chi connectivity index (χ4n) is 1.59. The number of hydrogen-bond donors (Lipinski definition) is 1. The molecule has 0 aliphatic rings. The van der Waals surface area contributed by atoms with Crippen LogP contribution < -0.4 is 5.32 Å². The van der Waals surface area contributed by atoms with Crippen LogP contribution in [0.2, 0.25) is 0 Å². The highest BCUT2D eigenvalue weighted by Crippen LogP contribution is 2.22. The van der Waals surface area contributed by atoms with Crippen molar-refractivity contribution in [2.45, 2.75) is 25.8 Å². The molecule has 0 aliphatic carbocycles. The van der Waals surface area contributed by atoms with Gasteiger partial charge < -0.3 is 10.2 Å². The molecule has 0 fully saturated rings. The van der Waals surface area contributed by atoms with Crippen molar-refractivity contribution in [1.29, 1.82) is 0 Å². The quantitative estimate of drug-likeness (QED) is 0.769. The Balaban J connectivity index is 2.38. The fourth-order valence-corrected chi connectivity index (χ4v) is 2.42. The summed E-state index contributed by atoms with van der Waals surface area (Å²) in [6.07, 6.45) is 2.46. The third-order valence-corrected chi connectivity index (χ3v) is 3.40. The normalized spacial score (nSPS) is 13.3. The van der Waals surface area contributed by atoms with Gasteiger partial charge in [0.2, 0.25) is 0 Å². The van der Waals surface area contributed by atoms with Crippen LogP contribution in [0.15, 0.2) is 17.5 Å². The SMILES string of the molecule is CCCC(NCCN(C)C)c1cccs1. The van der Waals surface area contributed by atoms with Crippen LogP contribution in [0.25, 0.3) is 0 Å².